The number of nitrogens with two attached hydrogens (primary N) is 1. The van der Waals surface area contributed by atoms with E-state index in [1.165, 1.54) is 17.4 Å². The molecule has 0 radical (unpaired) electrons. The van der Waals surface area contributed by atoms with Crippen molar-refractivity contribution in [2.24, 2.45) is 0 Å². The number of nitriles is 1. The van der Waals surface area contributed by atoms with E-state index in [1.54, 1.807) is 37.4 Å². The molecule has 0 aliphatic heterocycles. The van der Waals surface area contributed by atoms with Crippen molar-refractivity contribution in [2.75, 3.05) is 29.2 Å². The summed E-state index contributed by atoms with van der Waals surface area (Å²) in [5, 5.41) is 15.7. The van der Waals surface area contributed by atoms with E-state index in [9.17, 15) is 14.9 Å². The number of benzene rings is 2. The minimum Gasteiger partial charge on any atom is -0.497 e. The molecular formula is C23H18N6O3S2. The van der Waals surface area contributed by atoms with Crippen molar-refractivity contribution in [3.05, 3.63) is 65.7 Å². The van der Waals surface area contributed by atoms with Gasteiger partial charge in [-0.2, -0.15) is 5.26 Å². The van der Waals surface area contributed by atoms with Gasteiger partial charge in [-0.05, 0) is 36.4 Å². The van der Waals surface area contributed by atoms with E-state index in [1.807, 2.05) is 24.3 Å². The average molecular weight is 491 g/mol. The number of para-hydroxylation sites is 1. The van der Waals surface area contributed by atoms with Crippen molar-refractivity contribution in [2.45, 2.75) is 5.03 Å². The maximum atomic E-state index is 12.6. The van der Waals surface area contributed by atoms with Crippen molar-refractivity contribution in [3.63, 3.8) is 0 Å². The van der Waals surface area contributed by atoms with Crippen LogP contribution >= 0.6 is 23.1 Å². The lowest BCUT2D eigenvalue weighted by molar-refractivity contribution is -0.113. The van der Waals surface area contributed by atoms with Gasteiger partial charge in [-0.1, -0.05) is 41.3 Å². The van der Waals surface area contributed by atoms with Gasteiger partial charge in [0.05, 0.1) is 34.2 Å². The summed E-state index contributed by atoms with van der Waals surface area (Å²) in [7, 11) is 1.58. The zero-order chi connectivity index (χ0) is 24.1. The predicted molar refractivity (Wildman–Crippen MR) is 133 cm³/mol. The molecule has 34 heavy (non-hydrogen) atoms. The Balaban J connectivity index is 1.43. The van der Waals surface area contributed by atoms with E-state index in [2.05, 4.69) is 20.6 Å². The van der Waals surface area contributed by atoms with E-state index in [0.717, 1.165) is 22.0 Å². The number of anilines is 3. The van der Waals surface area contributed by atoms with Gasteiger partial charge in [0.1, 0.15) is 22.7 Å². The van der Waals surface area contributed by atoms with Gasteiger partial charge in [-0.3, -0.25) is 9.59 Å². The summed E-state index contributed by atoms with van der Waals surface area (Å²) in [6.45, 7) is 0. The molecule has 0 aliphatic rings. The van der Waals surface area contributed by atoms with E-state index in [0.29, 0.717) is 16.6 Å². The number of thioether (sulfide) groups is 1. The molecule has 170 valence electrons. The Bertz CT molecular complexity index is 1420. The molecule has 0 fully saturated rings. The molecule has 11 heteroatoms. The highest BCUT2D eigenvalue weighted by molar-refractivity contribution is 8.00. The van der Waals surface area contributed by atoms with E-state index >= 15 is 0 Å². The third-order valence-electron chi connectivity index (χ3n) is 4.60. The van der Waals surface area contributed by atoms with Crippen LogP contribution in [0, 0.1) is 11.3 Å². The molecule has 4 N–H and O–H groups in total. The number of nitrogen functional groups attached to an aromatic ring is 1. The minimum absolute atomic E-state index is 0.0179. The molecule has 9 nitrogen and oxygen atoms in total. The van der Waals surface area contributed by atoms with Crippen LogP contribution in [-0.4, -0.2) is 34.6 Å². The largest absolute Gasteiger partial charge is 0.497 e. The molecule has 4 aromatic rings. The molecule has 0 unspecified atom stereocenters. The number of ether oxygens (including phenoxy) is 1. The molecule has 0 atom stereocenters. The van der Waals surface area contributed by atoms with Crippen LogP contribution in [0.5, 0.6) is 5.75 Å². The number of amides is 2. The topological polar surface area (TPSA) is 143 Å². The number of nitrogens with one attached hydrogen (secondary N) is 2. The molecule has 0 aliphatic carbocycles. The maximum absolute atomic E-state index is 12.6. The normalized spacial score (nSPS) is 10.5. The molecule has 4 rings (SSSR count). The second-order valence-electron chi connectivity index (χ2n) is 6.90. The lowest BCUT2D eigenvalue weighted by Crippen LogP contribution is -2.16. The highest BCUT2D eigenvalue weighted by atomic mass is 32.2. The minimum atomic E-state index is -0.477. The van der Waals surface area contributed by atoms with Crippen molar-refractivity contribution in [3.8, 4) is 11.8 Å². The van der Waals surface area contributed by atoms with Gasteiger partial charge < -0.3 is 21.1 Å². The number of fused-ring (bicyclic) bond motifs is 1. The number of carbonyl (C=O) groups is 2. The second kappa shape index (κ2) is 10.2. The monoisotopic (exact) mass is 490 g/mol. The van der Waals surface area contributed by atoms with Gasteiger partial charge in [0.15, 0.2) is 5.13 Å². The zero-order valence-corrected chi connectivity index (χ0v) is 19.5. The van der Waals surface area contributed by atoms with E-state index < -0.39 is 5.91 Å². The smallest absolute Gasteiger partial charge is 0.259 e. The Hall–Kier alpha value is -4.14. The SMILES string of the molecule is COc1ccc2nc(NC(=O)CSc3nc(N)c(C(=O)Nc4ccccc4)cc3C#N)sc2c1. The number of nitrogens with zero attached hydrogens (tertiary/aromatic N) is 3. The number of methoxy groups -OCH3 is 1. The number of hydrogen-bond donors (Lipinski definition) is 3. The molecule has 2 heterocycles. The maximum Gasteiger partial charge on any atom is 0.259 e. The van der Waals surface area contributed by atoms with Crippen LogP contribution in [0.1, 0.15) is 15.9 Å². The first-order valence-corrected chi connectivity index (χ1v) is 11.7. The quantitative estimate of drug-likeness (QED) is 0.328. The second-order valence-corrected chi connectivity index (χ2v) is 8.89. The van der Waals surface area contributed by atoms with Crippen molar-refractivity contribution in [1.82, 2.24) is 9.97 Å². The molecule has 0 saturated heterocycles. The fourth-order valence-electron chi connectivity index (χ4n) is 2.98. The lowest BCUT2D eigenvalue weighted by Gasteiger charge is -2.10. The number of carbonyl (C=O) groups excluding carboxylic acids is 2. The Morgan fingerprint density at radius 1 is 1.15 bits per heavy atom. The van der Waals surface area contributed by atoms with Crippen LogP contribution in [0.25, 0.3) is 10.2 Å². The van der Waals surface area contributed by atoms with Crippen molar-refractivity contribution < 1.29 is 14.3 Å². The number of thiazole rings is 1. The van der Waals surface area contributed by atoms with Gasteiger partial charge in [-0.25, -0.2) is 9.97 Å². The van der Waals surface area contributed by atoms with Crippen LogP contribution in [0.4, 0.5) is 16.6 Å². The van der Waals surface area contributed by atoms with Crippen LogP contribution < -0.4 is 21.1 Å². The average Bonchev–Trinajstić information content (AvgIpc) is 3.24. The van der Waals surface area contributed by atoms with E-state index in [4.69, 9.17) is 10.5 Å². The first-order chi connectivity index (χ1) is 16.5. The standard InChI is InChI=1S/C23H18N6O3S2/c1-32-15-7-8-17-18(10-15)34-23(27-17)28-19(30)12-33-22-13(11-24)9-16(20(25)29-22)21(31)26-14-5-3-2-4-6-14/h2-10H,12H2,1H3,(H2,25,29)(H,26,31)(H,27,28,30). The van der Waals surface area contributed by atoms with Crippen LogP contribution in [-0.2, 0) is 4.79 Å². The van der Waals surface area contributed by atoms with Gasteiger partial charge in [0, 0.05) is 5.69 Å². The van der Waals surface area contributed by atoms with Gasteiger partial charge in [0.25, 0.3) is 5.91 Å². The van der Waals surface area contributed by atoms with Crippen LogP contribution in [0.2, 0.25) is 0 Å². The lowest BCUT2D eigenvalue weighted by atomic mass is 10.2. The summed E-state index contributed by atoms with van der Waals surface area (Å²) >= 11 is 2.38. The van der Waals surface area contributed by atoms with Crippen molar-refractivity contribution >= 4 is 61.8 Å². The highest BCUT2D eigenvalue weighted by Gasteiger charge is 2.18. The van der Waals surface area contributed by atoms with Gasteiger partial charge in [-0.15, -0.1) is 0 Å². The first kappa shape index (κ1) is 23.0. The van der Waals surface area contributed by atoms with Crippen molar-refractivity contribution in [1.29, 1.82) is 5.26 Å². The fraction of sp³-hybridized carbons (Fsp3) is 0.0870. The van der Waals surface area contributed by atoms with E-state index in [-0.39, 0.29) is 33.6 Å². The summed E-state index contributed by atoms with van der Waals surface area (Å²) in [5.41, 5.74) is 7.56. The molecule has 0 bridgehead atoms. The highest BCUT2D eigenvalue weighted by Crippen LogP contribution is 2.30. The Labute approximate surface area is 203 Å². The van der Waals surface area contributed by atoms with Gasteiger partial charge >= 0.3 is 0 Å². The fourth-order valence-corrected chi connectivity index (χ4v) is 4.65. The predicted octanol–water partition coefficient (Wildman–Crippen LogP) is 4.14. The van der Waals surface area contributed by atoms with Gasteiger partial charge in [0.2, 0.25) is 5.91 Å². The number of hydrogen-bond acceptors (Lipinski definition) is 9. The third kappa shape index (κ3) is 5.25. The first-order valence-electron chi connectivity index (χ1n) is 9.91. The Morgan fingerprint density at radius 2 is 1.94 bits per heavy atom. The molecular weight excluding hydrogens is 472 g/mol. The number of pyridine rings is 1. The third-order valence-corrected chi connectivity index (χ3v) is 6.52. The molecule has 2 amide bonds. The summed E-state index contributed by atoms with van der Waals surface area (Å²) < 4.78 is 6.09. The Kier molecular flexibility index (Phi) is 6.91. The number of rotatable bonds is 7. The van der Waals surface area contributed by atoms with Crippen LogP contribution in [0.3, 0.4) is 0 Å². The Morgan fingerprint density at radius 3 is 2.68 bits per heavy atom. The summed E-state index contributed by atoms with van der Waals surface area (Å²) in [6, 6.07) is 17.7. The molecule has 0 spiro atoms. The molecule has 0 saturated carbocycles. The summed E-state index contributed by atoms with van der Waals surface area (Å²) in [4.78, 5) is 33.6. The summed E-state index contributed by atoms with van der Waals surface area (Å²) in [6.07, 6.45) is 0. The zero-order valence-electron chi connectivity index (χ0n) is 17.9. The van der Waals surface area contributed by atoms with Crippen LogP contribution in [0.15, 0.2) is 59.6 Å². The molecule has 2 aromatic heterocycles. The number of aromatic nitrogens is 2. The summed E-state index contributed by atoms with van der Waals surface area (Å²) in [5.74, 6) is -0.134. The molecule has 2 aromatic carbocycles.